The third-order valence-corrected chi connectivity index (χ3v) is 7.15. The molecule has 0 atom stereocenters. The fourth-order valence-electron chi connectivity index (χ4n) is 1.17. The third kappa shape index (κ3) is 2.90. The van der Waals surface area contributed by atoms with Gasteiger partial charge in [0.15, 0.2) is 0 Å². The van der Waals surface area contributed by atoms with Gasteiger partial charge in [0.2, 0.25) is 5.13 Å². The molecule has 0 unspecified atom stereocenters. The van der Waals surface area contributed by atoms with E-state index >= 15 is 0 Å². The minimum Gasteiger partial charge on any atom is -0.253 e. The number of halogens is 1. The van der Waals surface area contributed by atoms with Crippen molar-refractivity contribution in [2.24, 2.45) is 0 Å². The molecule has 5 nitrogen and oxygen atoms in total. The molecule has 1 N–H and O–H groups in total. The van der Waals surface area contributed by atoms with Crippen molar-refractivity contribution in [2.45, 2.75) is 24.5 Å². The predicted molar refractivity (Wildman–Crippen MR) is 76.9 cm³/mol. The summed E-state index contributed by atoms with van der Waals surface area (Å²) in [6.07, 6.45) is 0.739. The monoisotopic (exact) mass is 367 g/mol. The summed E-state index contributed by atoms with van der Waals surface area (Å²) in [6.45, 7) is 3.79. The number of aromatic nitrogens is 2. The number of hydrogen-bond acceptors (Lipinski definition) is 6. The topological polar surface area (TPSA) is 72.0 Å². The van der Waals surface area contributed by atoms with Gasteiger partial charge < -0.3 is 0 Å². The number of rotatable bonds is 4. The first kappa shape index (κ1) is 13.9. The maximum atomic E-state index is 12.1. The minimum absolute atomic E-state index is 0.264. The van der Waals surface area contributed by atoms with Crippen molar-refractivity contribution in [1.29, 1.82) is 0 Å². The summed E-state index contributed by atoms with van der Waals surface area (Å²) in [4.78, 5) is 0. The predicted octanol–water partition coefficient (Wildman–Crippen LogP) is 3.03. The molecular weight excluding hydrogens is 358 g/mol. The molecule has 18 heavy (non-hydrogen) atoms. The summed E-state index contributed by atoms with van der Waals surface area (Å²) in [5, 5.41) is 8.77. The van der Waals surface area contributed by atoms with Gasteiger partial charge in [-0.05, 0) is 40.9 Å². The number of aryl methyl sites for hydroxylation is 2. The van der Waals surface area contributed by atoms with E-state index in [2.05, 4.69) is 30.8 Å². The molecule has 9 heteroatoms. The van der Waals surface area contributed by atoms with Crippen molar-refractivity contribution < 1.29 is 8.42 Å². The second kappa shape index (κ2) is 5.24. The van der Waals surface area contributed by atoms with Crippen molar-refractivity contribution >= 4 is 53.8 Å². The van der Waals surface area contributed by atoms with Gasteiger partial charge in [-0.3, -0.25) is 4.72 Å². The molecule has 98 valence electrons. The average Bonchev–Trinajstić information content (AvgIpc) is 2.87. The van der Waals surface area contributed by atoms with Crippen LogP contribution in [0.25, 0.3) is 0 Å². The van der Waals surface area contributed by atoms with Gasteiger partial charge in [0.25, 0.3) is 10.0 Å². The molecule has 2 rings (SSSR count). The van der Waals surface area contributed by atoms with E-state index < -0.39 is 10.0 Å². The molecule has 0 aliphatic heterocycles. The van der Waals surface area contributed by atoms with E-state index in [0.717, 1.165) is 20.8 Å². The molecule has 0 fully saturated rings. The quantitative estimate of drug-likeness (QED) is 0.901. The van der Waals surface area contributed by atoms with Gasteiger partial charge in [0, 0.05) is 0 Å². The minimum atomic E-state index is -3.56. The van der Waals surface area contributed by atoms with Crippen LogP contribution in [0.2, 0.25) is 0 Å². The number of thiophene rings is 1. The highest BCUT2D eigenvalue weighted by atomic mass is 79.9. The fraction of sp³-hybridized carbons (Fsp3) is 0.333. The molecule has 2 aromatic heterocycles. The van der Waals surface area contributed by atoms with Gasteiger partial charge in [-0.1, -0.05) is 18.3 Å². The highest BCUT2D eigenvalue weighted by Gasteiger charge is 2.20. The van der Waals surface area contributed by atoms with E-state index in [1.165, 1.54) is 22.7 Å². The second-order valence-electron chi connectivity index (χ2n) is 3.48. The van der Waals surface area contributed by atoms with Gasteiger partial charge in [-0.25, -0.2) is 8.42 Å². The first-order valence-corrected chi connectivity index (χ1v) is 8.94. The lowest BCUT2D eigenvalue weighted by molar-refractivity contribution is 0.603. The van der Waals surface area contributed by atoms with Crippen LogP contribution in [0.15, 0.2) is 14.1 Å². The lowest BCUT2D eigenvalue weighted by Gasteiger charge is -2.00. The number of nitrogens with zero attached hydrogens (tertiary/aromatic N) is 2. The zero-order chi connectivity index (χ0) is 13.3. The highest BCUT2D eigenvalue weighted by molar-refractivity contribution is 9.11. The first-order valence-electron chi connectivity index (χ1n) is 5.03. The zero-order valence-corrected chi connectivity index (χ0v) is 13.6. The summed E-state index contributed by atoms with van der Waals surface area (Å²) < 4.78 is 27.7. The Labute approximate surface area is 121 Å². The molecule has 0 aromatic carbocycles. The Balaban J connectivity index is 2.26. The Kier molecular flexibility index (Phi) is 4.05. The van der Waals surface area contributed by atoms with Gasteiger partial charge in [0.1, 0.15) is 9.22 Å². The third-order valence-electron chi connectivity index (χ3n) is 2.09. The lowest BCUT2D eigenvalue weighted by Crippen LogP contribution is -2.11. The Morgan fingerprint density at radius 1 is 1.39 bits per heavy atom. The summed E-state index contributed by atoms with van der Waals surface area (Å²) in [5.41, 5.74) is 0.895. The fourth-order valence-corrected chi connectivity index (χ4v) is 5.30. The number of hydrogen-bond donors (Lipinski definition) is 1. The molecular formula is C9H10BrN3O2S3. The molecule has 2 aromatic rings. The largest absolute Gasteiger partial charge is 0.273 e. The Morgan fingerprint density at radius 3 is 2.61 bits per heavy atom. The number of nitrogens with one attached hydrogen (secondary N) is 1. The summed E-state index contributed by atoms with van der Waals surface area (Å²) >= 11 is 5.73. The van der Waals surface area contributed by atoms with E-state index in [0.29, 0.717) is 5.13 Å². The van der Waals surface area contributed by atoms with Crippen molar-refractivity contribution in [3.8, 4) is 0 Å². The van der Waals surface area contributed by atoms with Gasteiger partial charge in [-0.2, -0.15) is 0 Å². The first-order chi connectivity index (χ1) is 8.42. The molecule has 0 radical (unpaired) electrons. The maximum absolute atomic E-state index is 12.1. The van der Waals surface area contributed by atoms with Crippen LogP contribution < -0.4 is 4.72 Å². The van der Waals surface area contributed by atoms with E-state index in [9.17, 15) is 8.42 Å². The molecule has 0 aliphatic carbocycles. The van der Waals surface area contributed by atoms with Crippen molar-refractivity contribution in [2.75, 3.05) is 4.72 Å². The van der Waals surface area contributed by atoms with E-state index in [1.807, 2.05) is 13.8 Å². The summed E-state index contributed by atoms with van der Waals surface area (Å²) in [7, 11) is -3.56. The van der Waals surface area contributed by atoms with Crippen molar-refractivity contribution in [3.05, 3.63) is 20.4 Å². The zero-order valence-electron chi connectivity index (χ0n) is 9.60. The van der Waals surface area contributed by atoms with Crippen molar-refractivity contribution in [3.63, 3.8) is 0 Å². The molecule has 0 amide bonds. The van der Waals surface area contributed by atoms with Crippen LogP contribution in [0.3, 0.4) is 0 Å². The van der Waals surface area contributed by atoms with Crippen LogP contribution in [0, 0.1) is 6.92 Å². The van der Waals surface area contributed by atoms with Gasteiger partial charge >= 0.3 is 0 Å². The maximum Gasteiger partial charge on any atom is 0.273 e. The lowest BCUT2D eigenvalue weighted by atomic mass is 10.4. The van der Waals surface area contributed by atoms with Crippen LogP contribution in [-0.4, -0.2) is 18.6 Å². The summed E-state index contributed by atoms with van der Waals surface area (Å²) in [6, 6.07) is 1.62. The Bertz CT molecular complexity index is 643. The smallest absolute Gasteiger partial charge is 0.253 e. The van der Waals surface area contributed by atoms with Crippen LogP contribution >= 0.6 is 38.6 Å². The van der Waals surface area contributed by atoms with E-state index in [-0.39, 0.29) is 4.21 Å². The van der Waals surface area contributed by atoms with Crippen LogP contribution in [0.1, 0.15) is 17.5 Å². The van der Waals surface area contributed by atoms with Crippen molar-refractivity contribution in [1.82, 2.24) is 10.2 Å². The molecule has 2 heterocycles. The van der Waals surface area contributed by atoms with Crippen LogP contribution in [0.5, 0.6) is 0 Å². The SMILES string of the molecule is CCc1nnc(NS(=O)(=O)c2cc(C)c(Br)s2)s1. The van der Waals surface area contributed by atoms with Crippen LogP contribution in [-0.2, 0) is 16.4 Å². The van der Waals surface area contributed by atoms with E-state index in [1.54, 1.807) is 6.07 Å². The van der Waals surface area contributed by atoms with E-state index in [4.69, 9.17) is 0 Å². The van der Waals surface area contributed by atoms with Gasteiger partial charge in [-0.15, -0.1) is 21.5 Å². The second-order valence-corrected chi connectivity index (χ2v) is 8.82. The standard InChI is InChI=1S/C9H10BrN3O2S3/c1-3-6-11-12-9(16-6)13-18(14,15)7-4-5(2)8(10)17-7/h4H,3H2,1-2H3,(H,12,13). The molecule has 0 saturated carbocycles. The Morgan fingerprint density at radius 2 is 2.11 bits per heavy atom. The Hall–Kier alpha value is -0.510. The number of sulfonamides is 1. The molecule has 0 saturated heterocycles. The number of anilines is 1. The van der Waals surface area contributed by atoms with Gasteiger partial charge in [0.05, 0.1) is 3.79 Å². The molecule has 0 bridgehead atoms. The normalized spacial score (nSPS) is 11.7. The van der Waals surface area contributed by atoms with Crippen LogP contribution in [0.4, 0.5) is 5.13 Å². The molecule has 0 spiro atoms. The highest BCUT2D eigenvalue weighted by Crippen LogP contribution is 2.31. The summed E-state index contributed by atoms with van der Waals surface area (Å²) in [5.74, 6) is 0. The average molecular weight is 368 g/mol. The molecule has 0 aliphatic rings.